The number of aliphatic carboxylic acids is 1. The Kier molecular flexibility index (Phi) is 9.75. The predicted molar refractivity (Wildman–Crippen MR) is 176 cm³/mol. The first-order valence-electron chi connectivity index (χ1n) is 15.3. The van der Waals surface area contributed by atoms with Crippen molar-refractivity contribution in [1.82, 2.24) is 10.6 Å². The van der Waals surface area contributed by atoms with Gasteiger partial charge in [0.25, 0.3) is 5.91 Å². The highest BCUT2D eigenvalue weighted by Gasteiger charge is 2.45. The number of benzene rings is 3. The summed E-state index contributed by atoms with van der Waals surface area (Å²) >= 11 is 0. The number of carboxylic acids is 1. The molecule has 4 amide bonds. The highest BCUT2D eigenvalue weighted by atomic mass is 16.6. The summed E-state index contributed by atoms with van der Waals surface area (Å²) in [7, 11) is 0. The number of alkyl carbamates (subject to hydrolysis) is 1. The summed E-state index contributed by atoms with van der Waals surface area (Å²) in [5.41, 5.74) is 1.77. The van der Waals surface area contributed by atoms with Crippen LogP contribution in [0.25, 0.3) is 10.8 Å². The minimum atomic E-state index is -1.59. The van der Waals surface area contributed by atoms with Crippen molar-refractivity contribution >= 4 is 46.1 Å². The van der Waals surface area contributed by atoms with E-state index in [1.165, 1.54) is 6.92 Å². The molecule has 1 aliphatic carbocycles. The first-order chi connectivity index (χ1) is 21.1. The van der Waals surface area contributed by atoms with Gasteiger partial charge >= 0.3 is 18.1 Å². The van der Waals surface area contributed by atoms with Crippen LogP contribution in [0.1, 0.15) is 80.4 Å². The van der Waals surface area contributed by atoms with Crippen LogP contribution in [0.15, 0.2) is 48.5 Å². The number of anilines is 2. The zero-order valence-electron chi connectivity index (χ0n) is 27.1. The fraction of sp³-hybridized carbons (Fsp3) is 0.429. The second-order valence-corrected chi connectivity index (χ2v) is 13.3. The minimum absolute atomic E-state index is 0.147. The van der Waals surface area contributed by atoms with Gasteiger partial charge in [0.2, 0.25) is 0 Å². The van der Waals surface area contributed by atoms with E-state index in [-0.39, 0.29) is 23.2 Å². The number of carboxylic acid groups (broad SMARTS) is 1. The molecule has 45 heavy (non-hydrogen) atoms. The highest BCUT2D eigenvalue weighted by molar-refractivity contribution is 6.10. The van der Waals surface area contributed by atoms with E-state index in [0.29, 0.717) is 31.4 Å². The first-order valence-corrected chi connectivity index (χ1v) is 15.3. The molecule has 1 aliphatic rings. The number of hydrogen-bond acceptors (Lipinski definition) is 5. The van der Waals surface area contributed by atoms with Gasteiger partial charge in [-0.25, -0.2) is 14.4 Å². The summed E-state index contributed by atoms with van der Waals surface area (Å²) in [6.07, 6.45) is 1.54. The number of aryl methyl sites for hydroxylation is 3. The minimum Gasteiger partial charge on any atom is -0.480 e. The number of ether oxygens (including phenoxy) is 1. The summed E-state index contributed by atoms with van der Waals surface area (Å²) in [4.78, 5) is 52.0. The molecule has 0 radical (unpaired) electrons. The number of carbonyl (C=O) groups excluding carboxylic acids is 3. The Morgan fingerprint density at radius 2 is 1.40 bits per heavy atom. The van der Waals surface area contributed by atoms with Crippen molar-refractivity contribution in [2.75, 3.05) is 10.6 Å². The van der Waals surface area contributed by atoms with Gasteiger partial charge in [-0.2, -0.15) is 0 Å². The van der Waals surface area contributed by atoms with Crippen LogP contribution in [0, 0.1) is 26.7 Å². The molecule has 0 heterocycles. The van der Waals surface area contributed by atoms with Gasteiger partial charge in [0.15, 0.2) is 0 Å². The third-order valence-corrected chi connectivity index (χ3v) is 8.38. The SMILES string of the molecule is Cc1cc(C)c(NC(=O)Nc2cc3ccccc3cc2C(=O)NC(C)(C(=O)O)[C@H]2CC[C@H](NC(=O)OC(C)(C)C)CC2)c(C)c1. The summed E-state index contributed by atoms with van der Waals surface area (Å²) in [6, 6.07) is 14.1. The Bertz CT molecular complexity index is 1600. The summed E-state index contributed by atoms with van der Waals surface area (Å²) in [5.74, 6) is -2.15. The Morgan fingerprint density at radius 1 is 0.822 bits per heavy atom. The highest BCUT2D eigenvalue weighted by Crippen LogP contribution is 2.35. The number of amides is 4. The molecule has 3 aromatic rings. The number of nitrogens with one attached hydrogen (secondary N) is 4. The number of fused-ring (bicyclic) bond motifs is 1. The molecule has 0 aliphatic heterocycles. The van der Waals surface area contributed by atoms with Gasteiger partial charge in [-0.1, -0.05) is 42.0 Å². The van der Waals surface area contributed by atoms with Crippen LogP contribution < -0.4 is 21.3 Å². The number of hydrogen-bond donors (Lipinski definition) is 5. The van der Waals surface area contributed by atoms with Crippen molar-refractivity contribution in [1.29, 1.82) is 0 Å². The molecule has 10 heteroatoms. The average Bonchev–Trinajstić information content (AvgIpc) is 2.93. The van der Waals surface area contributed by atoms with E-state index in [1.54, 1.807) is 32.9 Å². The summed E-state index contributed by atoms with van der Waals surface area (Å²) < 4.78 is 5.36. The molecule has 0 bridgehead atoms. The molecule has 1 saturated carbocycles. The molecule has 0 saturated heterocycles. The maximum atomic E-state index is 13.9. The quantitative estimate of drug-likeness (QED) is 0.192. The largest absolute Gasteiger partial charge is 0.480 e. The van der Waals surface area contributed by atoms with Crippen LogP contribution in [0.5, 0.6) is 0 Å². The third kappa shape index (κ3) is 8.12. The molecule has 1 atom stereocenters. The van der Waals surface area contributed by atoms with Crippen molar-refractivity contribution in [3.63, 3.8) is 0 Å². The first kappa shape index (κ1) is 33.3. The molecule has 5 N–H and O–H groups in total. The van der Waals surface area contributed by atoms with E-state index in [9.17, 15) is 24.3 Å². The van der Waals surface area contributed by atoms with Gasteiger partial charge in [0, 0.05) is 11.7 Å². The summed E-state index contributed by atoms with van der Waals surface area (Å²) in [6.45, 7) is 12.7. The number of rotatable bonds is 7. The molecule has 240 valence electrons. The Balaban J connectivity index is 1.54. The lowest BCUT2D eigenvalue weighted by atomic mass is 9.74. The molecule has 0 spiro atoms. The molecule has 1 fully saturated rings. The second kappa shape index (κ2) is 13.2. The van der Waals surface area contributed by atoms with Crippen molar-refractivity contribution < 1.29 is 29.0 Å². The molecular formula is C35H44N4O6. The monoisotopic (exact) mass is 616 g/mol. The van der Waals surface area contributed by atoms with E-state index in [1.807, 2.05) is 57.2 Å². The Morgan fingerprint density at radius 3 is 1.96 bits per heavy atom. The van der Waals surface area contributed by atoms with Crippen LogP contribution in [-0.2, 0) is 9.53 Å². The van der Waals surface area contributed by atoms with Gasteiger partial charge < -0.3 is 31.1 Å². The maximum absolute atomic E-state index is 13.9. The van der Waals surface area contributed by atoms with E-state index >= 15 is 0 Å². The summed E-state index contributed by atoms with van der Waals surface area (Å²) in [5, 5.41) is 23.3. The second-order valence-electron chi connectivity index (χ2n) is 13.3. The zero-order valence-corrected chi connectivity index (χ0v) is 27.1. The molecule has 0 aromatic heterocycles. The lowest BCUT2D eigenvalue weighted by Gasteiger charge is -2.39. The Hall–Kier alpha value is -4.60. The topological polar surface area (TPSA) is 146 Å². The van der Waals surface area contributed by atoms with Crippen molar-refractivity contribution in [2.45, 2.75) is 91.3 Å². The number of carbonyl (C=O) groups is 4. The zero-order chi connectivity index (χ0) is 33.1. The van der Waals surface area contributed by atoms with Crippen molar-refractivity contribution in [2.24, 2.45) is 5.92 Å². The van der Waals surface area contributed by atoms with E-state index in [4.69, 9.17) is 4.74 Å². The van der Waals surface area contributed by atoms with Crippen molar-refractivity contribution in [3.8, 4) is 0 Å². The van der Waals surface area contributed by atoms with Gasteiger partial charge in [-0.15, -0.1) is 0 Å². The normalized spacial score (nSPS) is 17.9. The predicted octanol–water partition coefficient (Wildman–Crippen LogP) is 7.07. The van der Waals surface area contributed by atoms with E-state index < -0.39 is 35.1 Å². The smallest absolute Gasteiger partial charge is 0.407 e. The van der Waals surface area contributed by atoms with Crippen LogP contribution in [-0.4, -0.2) is 46.3 Å². The van der Waals surface area contributed by atoms with Gasteiger partial charge in [-0.3, -0.25) is 4.79 Å². The maximum Gasteiger partial charge on any atom is 0.407 e. The van der Waals surface area contributed by atoms with E-state index in [0.717, 1.165) is 27.5 Å². The van der Waals surface area contributed by atoms with Crippen molar-refractivity contribution in [3.05, 3.63) is 70.8 Å². The Labute approximate surface area is 264 Å². The lowest BCUT2D eigenvalue weighted by molar-refractivity contribution is -0.146. The van der Waals surface area contributed by atoms with Crippen LogP contribution in [0.2, 0.25) is 0 Å². The molecule has 4 rings (SSSR count). The van der Waals surface area contributed by atoms with Crippen LogP contribution in [0.4, 0.5) is 21.0 Å². The average molecular weight is 617 g/mol. The molecule has 10 nitrogen and oxygen atoms in total. The lowest BCUT2D eigenvalue weighted by Crippen LogP contribution is -2.58. The van der Waals surface area contributed by atoms with Gasteiger partial charge in [0.1, 0.15) is 11.1 Å². The third-order valence-electron chi connectivity index (χ3n) is 8.38. The van der Waals surface area contributed by atoms with Gasteiger partial charge in [0.05, 0.1) is 11.3 Å². The number of urea groups is 1. The standard InChI is InChI=1S/C35H44N4O6/c1-20-16-21(2)29(22(3)17-20)38-32(43)37-28-19-24-11-9-8-10-23(24)18-27(28)30(40)39-35(7,31(41)42)25-12-14-26(15-13-25)36-33(44)45-34(4,5)6/h8-11,16-19,25-26H,12-15H2,1-7H3,(H,36,44)(H,39,40)(H,41,42)(H2,37,38,43)/t25-,26-,35?. The molecule has 3 aromatic carbocycles. The van der Waals surface area contributed by atoms with Crippen LogP contribution >= 0.6 is 0 Å². The van der Waals surface area contributed by atoms with Gasteiger partial charge in [-0.05, 0) is 114 Å². The fourth-order valence-electron chi connectivity index (χ4n) is 6.10. The molecular weight excluding hydrogens is 572 g/mol. The fourth-order valence-corrected chi connectivity index (χ4v) is 6.10. The van der Waals surface area contributed by atoms with E-state index in [2.05, 4.69) is 21.3 Å². The molecule has 1 unspecified atom stereocenters. The van der Waals surface area contributed by atoms with Crippen LogP contribution in [0.3, 0.4) is 0 Å².